The van der Waals surface area contributed by atoms with Crippen molar-refractivity contribution in [1.29, 1.82) is 0 Å². The second kappa shape index (κ2) is 4.09. The maximum Gasteiger partial charge on any atom is 0.514 e. The molecule has 0 unspecified atom stereocenters. The van der Waals surface area contributed by atoms with Crippen molar-refractivity contribution in [3.8, 4) is 0 Å². The Morgan fingerprint density at radius 3 is 2.06 bits per heavy atom. The van der Waals surface area contributed by atoms with Crippen molar-refractivity contribution in [2.24, 2.45) is 0 Å². The van der Waals surface area contributed by atoms with Gasteiger partial charge in [-0.2, -0.15) is 0 Å². The zero-order chi connectivity index (χ0) is 12.8. The third-order valence-electron chi connectivity index (χ3n) is 3.18. The summed E-state index contributed by atoms with van der Waals surface area (Å²) < 4.78 is 11.7. The molecule has 0 bridgehead atoms. The lowest BCUT2D eigenvalue weighted by Crippen LogP contribution is -2.41. The van der Waals surface area contributed by atoms with Crippen LogP contribution in [0.5, 0.6) is 0 Å². The fourth-order valence-corrected chi connectivity index (χ4v) is 1.91. The normalized spacial score (nSPS) is 21.9. The molecule has 0 spiro atoms. The van der Waals surface area contributed by atoms with Crippen molar-refractivity contribution in [2.75, 3.05) is 0 Å². The Morgan fingerprint density at radius 2 is 1.59 bits per heavy atom. The Labute approximate surface area is 111 Å². The smallest absolute Gasteiger partial charge is 0.398 e. The summed E-state index contributed by atoms with van der Waals surface area (Å²) in [6.45, 7) is 7.88. The van der Waals surface area contributed by atoms with Crippen molar-refractivity contribution in [3.63, 3.8) is 0 Å². The molecule has 1 aliphatic heterocycles. The molecule has 0 atom stereocenters. The number of halogens is 2. The van der Waals surface area contributed by atoms with Crippen LogP contribution in [0, 0.1) is 0 Å². The first-order valence-corrected chi connectivity index (χ1v) is 6.02. The molecule has 0 aromatic carbocycles. The van der Waals surface area contributed by atoms with Gasteiger partial charge in [-0.15, -0.1) is 0 Å². The molecule has 2 rings (SSSR count). The van der Waals surface area contributed by atoms with Crippen molar-refractivity contribution < 1.29 is 9.31 Å². The largest absolute Gasteiger partial charge is 0.514 e. The van der Waals surface area contributed by atoms with E-state index in [4.69, 9.17) is 32.5 Å². The van der Waals surface area contributed by atoms with Crippen LogP contribution in [0.4, 0.5) is 0 Å². The van der Waals surface area contributed by atoms with E-state index < -0.39 is 18.3 Å². The van der Waals surface area contributed by atoms with E-state index in [1.54, 1.807) is 6.07 Å². The number of aromatic nitrogens is 2. The first-order valence-electron chi connectivity index (χ1n) is 5.27. The molecule has 2 heterocycles. The first-order chi connectivity index (χ1) is 7.71. The van der Waals surface area contributed by atoms with Gasteiger partial charge in [-0.25, -0.2) is 9.97 Å². The van der Waals surface area contributed by atoms with Crippen molar-refractivity contribution in [3.05, 3.63) is 16.5 Å². The lowest BCUT2D eigenvalue weighted by molar-refractivity contribution is 0.00578. The number of rotatable bonds is 1. The van der Waals surface area contributed by atoms with Gasteiger partial charge in [0.15, 0.2) is 0 Å². The topological polar surface area (TPSA) is 44.2 Å². The van der Waals surface area contributed by atoms with E-state index in [9.17, 15) is 0 Å². The molecule has 92 valence electrons. The molecular weight excluding hydrogens is 262 g/mol. The third kappa shape index (κ3) is 2.43. The Bertz CT molecular complexity index is 418. The standard InChI is InChI=1S/C10H13BCl2N2O2/c1-9(2)10(3,4)17-11(16-9)6-5-7(12)15-8(13)14-6/h5H,1-4H3. The Balaban J connectivity index is 2.32. The maximum atomic E-state index is 5.83. The highest BCUT2D eigenvalue weighted by molar-refractivity contribution is 6.61. The summed E-state index contributed by atoms with van der Waals surface area (Å²) in [5.74, 6) is 0. The number of nitrogens with zero attached hydrogens (tertiary/aromatic N) is 2. The van der Waals surface area contributed by atoms with Crippen molar-refractivity contribution in [2.45, 2.75) is 38.9 Å². The van der Waals surface area contributed by atoms with Gasteiger partial charge in [0, 0.05) is 0 Å². The van der Waals surface area contributed by atoms with Gasteiger partial charge in [0.25, 0.3) is 0 Å². The van der Waals surface area contributed by atoms with E-state index >= 15 is 0 Å². The van der Waals surface area contributed by atoms with Crippen LogP contribution in [-0.2, 0) is 9.31 Å². The van der Waals surface area contributed by atoms with Crippen LogP contribution in [0.25, 0.3) is 0 Å². The summed E-state index contributed by atoms with van der Waals surface area (Å²) in [5.41, 5.74) is -0.294. The summed E-state index contributed by atoms with van der Waals surface area (Å²) in [5, 5.41) is 0.358. The average Bonchev–Trinajstić information content (AvgIpc) is 2.34. The number of hydrogen-bond donors (Lipinski definition) is 0. The zero-order valence-corrected chi connectivity index (χ0v) is 11.6. The molecule has 1 saturated heterocycles. The molecule has 0 saturated carbocycles. The van der Waals surface area contributed by atoms with Gasteiger partial charge in [0.1, 0.15) is 5.15 Å². The van der Waals surface area contributed by atoms with Gasteiger partial charge < -0.3 is 9.31 Å². The minimum atomic E-state index is -0.571. The molecule has 0 radical (unpaired) electrons. The second-order valence-corrected chi connectivity index (χ2v) is 5.70. The van der Waals surface area contributed by atoms with E-state index in [1.165, 1.54) is 0 Å². The quantitative estimate of drug-likeness (QED) is 0.447. The predicted molar refractivity (Wildman–Crippen MR) is 67.8 cm³/mol. The second-order valence-electron chi connectivity index (χ2n) is 4.97. The molecule has 0 aliphatic carbocycles. The van der Waals surface area contributed by atoms with Gasteiger partial charge >= 0.3 is 7.12 Å². The van der Waals surface area contributed by atoms with Crippen LogP contribution in [0.3, 0.4) is 0 Å². The van der Waals surface area contributed by atoms with Gasteiger partial charge in [-0.1, -0.05) is 11.6 Å². The third-order valence-corrected chi connectivity index (χ3v) is 3.54. The first kappa shape index (κ1) is 13.1. The van der Waals surface area contributed by atoms with Crippen molar-refractivity contribution in [1.82, 2.24) is 9.97 Å². The summed E-state index contributed by atoms with van der Waals surface area (Å²) in [4.78, 5) is 7.85. The summed E-state index contributed by atoms with van der Waals surface area (Å²) in [6, 6.07) is 1.59. The molecule has 17 heavy (non-hydrogen) atoms. The fourth-order valence-electron chi connectivity index (χ4n) is 1.49. The van der Waals surface area contributed by atoms with Crippen molar-refractivity contribution >= 4 is 35.9 Å². The predicted octanol–water partition coefficient (Wildman–Crippen LogP) is 2.08. The van der Waals surface area contributed by atoms with Crippen LogP contribution in [0.2, 0.25) is 10.4 Å². The van der Waals surface area contributed by atoms with E-state index in [0.29, 0.717) is 5.59 Å². The lowest BCUT2D eigenvalue weighted by atomic mass is 9.85. The van der Waals surface area contributed by atoms with Crippen LogP contribution < -0.4 is 5.59 Å². The van der Waals surface area contributed by atoms with Gasteiger partial charge in [0.2, 0.25) is 5.28 Å². The highest BCUT2D eigenvalue weighted by Crippen LogP contribution is 2.36. The fraction of sp³-hybridized carbons (Fsp3) is 0.600. The molecule has 1 aliphatic rings. The van der Waals surface area contributed by atoms with E-state index in [1.807, 2.05) is 27.7 Å². The molecule has 7 heteroatoms. The molecule has 1 aromatic rings. The Hall–Kier alpha value is -0.355. The Morgan fingerprint density at radius 1 is 1.06 bits per heavy atom. The molecule has 1 fully saturated rings. The van der Waals surface area contributed by atoms with E-state index in [0.717, 1.165) is 0 Å². The summed E-state index contributed by atoms with van der Waals surface area (Å²) in [6.07, 6.45) is 0. The Kier molecular flexibility index (Phi) is 3.15. The van der Waals surface area contributed by atoms with Crippen LogP contribution >= 0.6 is 23.2 Å². The van der Waals surface area contributed by atoms with E-state index in [-0.39, 0.29) is 10.4 Å². The molecule has 0 amide bonds. The van der Waals surface area contributed by atoms with Gasteiger partial charge in [-0.3, -0.25) is 0 Å². The highest BCUT2D eigenvalue weighted by Gasteiger charge is 2.52. The molecular formula is C10H13BCl2N2O2. The minimum Gasteiger partial charge on any atom is -0.398 e. The number of hydrogen-bond acceptors (Lipinski definition) is 4. The van der Waals surface area contributed by atoms with Crippen LogP contribution in [0.1, 0.15) is 27.7 Å². The highest BCUT2D eigenvalue weighted by atomic mass is 35.5. The van der Waals surface area contributed by atoms with Gasteiger partial charge in [-0.05, 0) is 45.4 Å². The zero-order valence-electron chi connectivity index (χ0n) is 10.1. The molecule has 1 aromatic heterocycles. The summed E-state index contributed by atoms with van der Waals surface area (Å²) >= 11 is 11.6. The van der Waals surface area contributed by atoms with Gasteiger partial charge in [0.05, 0.1) is 16.8 Å². The summed E-state index contributed by atoms with van der Waals surface area (Å²) in [7, 11) is -0.571. The lowest BCUT2D eigenvalue weighted by Gasteiger charge is -2.32. The molecule has 4 nitrogen and oxygen atoms in total. The maximum absolute atomic E-state index is 5.83. The SMILES string of the molecule is CC1(C)OB(c2cc(Cl)nc(Cl)n2)OC1(C)C. The average molecular weight is 275 g/mol. The van der Waals surface area contributed by atoms with Crippen LogP contribution in [-0.4, -0.2) is 28.3 Å². The monoisotopic (exact) mass is 274 g/mol. The molecule has 0 N–H and O–H groups in total. The van der Waals surface area contributed by atoms with E-state index in [2.05, 4.69) is 9.97 Å². The minimum absolute atomic E-state index is 0.0854. The van der Waals surface area contributed by atoms with Crippen LogP contribution in [0.15, 0.2) is 6.07 Å².